The van der Waals surface area contributed by atoms with Crippen molar-refractivity contribution < 1.29 is 13.6 Å². The first-order chi connectivity index (χ1) is 11.0. The Balaban J connectivity index is 1.88. The Bertz CT molecular complexity index is 812. The van der Waals surface area contributed by atoms with E-state index >= 15 is 0 Å². The molecule has 3 rings (SSSR count). The summed E-state index contributed by atoms with van der Waals surface area (Å²) in [5.74, 6) is -1.48. The summed E-state index contributed by atoms with van der Waals surface area (Å²) in [5, 5.41) is 2.73. The molecule has 1 atom stereocenters. The van der Waals surface area contributed by atoms with E-state index in [0.717, 1.165) is 31.0 Å². The molecule has 2 aromatic rings. The maximum atomic E-state index is 14.0. The summed E-state index contributed by atoms with van der Waals surface area (Å²) < 4.78 is 28.8. The van der Waals surface area contributed by atoms with Crippen LogP contribution in [0, 0.1) is 17.6 Å². The van der Waals surface area contributed by atoms with Crippen LogP contribution in [-0.2, 0) is 7.05 Å². The number of benzene rings is 1. The van der Waals surface area contributed by atoms with Gasteiger partial charge in [0.05, 0.1) is 6.04 Å². The third-order valence-corrected chi connectivity index (χ3v) is 4.04. The fraction of sp³-hybridized carbons (Fsp3) is 0.294. The van der Waals surface area contributed by atoms with Crippen molar-refractivity contribution in [3.8, 4) is 0 Å². The van der Waals surface area contributed by atoms with Crippen LogP contribution in [0.15, 0.2) is 41.3 Å². The van der Waals surface area contributed by atoms with Crippen LogP contribution in [0.1, 0.15) is 34.8 Å². The number of pyridine rings is 1. The van der Waals surface area contributed by atoms with Crippen LogP contribution in [0.2, 0.25) is 0 Å². The maximum absolute atomic E-state index is 14.0. The summed E-state index contributed by atoms with van der Waals surface area (Å²) in [4.78, 5) is 24.0. The molecule has 4 nitrogen and oxygen atoms in total. The van der Waals surface area contributed by atoms with Crippen molar-refractivity contribution in [1.82, 2.24) is 9.88 Å². The van der Waals surface area contributed by atoms with E-state index in [1.807, 2.05) is 0 Å². The second kappa shape index (κ2) is 5.95. The molecule has 1 amide bonds. The zero-order valence-electron chi connectivity index (χ0n) is 12.6. The van der Waals surface area contributed by atoms with E-state index in [-0.39, 0.29) is 22.6 Å². The first kappa shape index (κ1) is 15.4. The highest BCUT2D eigenvalue weighted by atomic mass is 19.1. The molecule has 1 aliphatic carbocycles. The minimum atomic E-state index is -0.595. The van der Waals surface area contributed by atoms with Crippen LogP contribution in [0.4, 0.5) is 8.78 Å². The van der Waals surface area contributed by atoms with Gasteiger partial charge in [0.15, 0.2) is 0 Å². The zero-order valence-corrected chi connectivity index (χ0v) is 12.6. The molecule has 0 bridgehead atoms. The number of halogens is 2. The van der Waals surface area contributed by atoms with Crippen LogP contribution in [0.5, 0.6) is 0 Å². The van der Waals surface area contributed by atoms with Gasteiger partial charge in [0.2, 0.25) is 0 Å². The Morgan fingerprint density at radius 3 is 2.65 bits per heavy atom. The number of carbonyl (C=O) groups is 1. The molecule has 0 aliphatic heterocycles. The predicted octanol–water partition coefficient (Wildman–Crippen LogP) is 2.54. The molecule has 1 fully saturated rings. The number of nitrogens with one attached hydrogen (secondary N) is 1. The SMILES string of the molecule is Cn1ccc(C(=O)N[C@H](c2cc(F)ccc2F)C2CC2)cc1=O. The molecule has 1 aromatic heterocycles. The summed E-state index contributed by atoms with van der Waals surface area (Å²) in [6.07, 6.45) is 3.18. The maximum Gasteiger partial charge on any atom is 0.252 e. The van der Waals surface area contributed by atoms with Crippen LogP contribution in [-0.4, -0.2) is 10.5 Å². The lowest BCUT2D eigenvalue weighted by Gasteiger charge is -2.19. The van der Waals surface area contributed by atoms with Crippen molar-refractivity contribution in [2.75, 3.05) is 0 Å². The van der Waals surface area contributed by atoms with Gasteiger partial charge in [0.1, 0.15) is 11.6 Å². The summed E-state index contributed by atoms with van der Waals surface area (Å²) in [6, 6.07) is 5.37. The van der Waals surface area contributed by atoms with Gasteiger partial charge in [0.25, 0.3) is 11.5 Å². The van der Waals surface area contributed by atoms with E-state index in [4.69, 9.17) is 0 Å². The Morgan fingerprint density at radius 2 is 2.00 bits per heavy atom. The lowest BCUT2D eigenvalue weighted by Crippen LogP contribution is -2.31. The van der Waals surface area contributed by atoms with Crippen molar-refractivity contribution in [3.63, 3.8) is 0 Å². The van der Waals surface area contributed by atoms with Gasteiger partial charge in [-0.2, -0.15) is 0 Å². The van der Waals surface area contributed by atoms with Crippen molar-refractivity contribution in [2.24, 2.45) is 13.0 Å². The van der Waals surface area contributed by atoms with E-state index < -0.39 is 23.6 Å². The molecule has 0 radical (unpaired) electrons. The Labute approximate surface area is 131 Å². The first-order valence-electron chi connectivity index (χ1n) is 7.38. The molecule has 1 N–H and O–H groups in total. The average molecular weight is 318 g/mol. The summed E-state index contributed by atoms with van der Waals surface area (Å²) in [6.45, 7) is 0. The van der Waals surface area contributed by atoms with Gasteiger partial charge in [0, 0.05) is 30.4 Å². The van der Waals surface area contributed by atoms with Gasteiger partial charge in [-0.1, -0.05) is 0 Å². The topological polar surface area (TPSA) is 51.1 Å². The third-order valence-electron chi connectivity index (χ3n) is 4.04. The molecule has 23 heavy (non-hydrogen) atoms. The number of aryl methyl sites for hydroxylation is 1. The predicted molar refractivity (Wildman–Crippen MR) is 81.0 cm³/mol. The molecule has 1 aliphatic rings. The van der Waals surface area contributed by atoms with Gasteiger partial charge in [-0.15, -0.1) is 0 Å². The summed E-state index contributed by atoms with van der Waals surface area (Å²) in [7, 11) is 1.58. The molecule has 1 heterocycles. The van der Waals surface area contributed by atoms with E-state index in [9.17, 15) is 18.4 Å². The van der Waals surface area contributed by atoms with Crippen molar-refractivity contribution >= 4 is 5.91 Å². The fourth-order valence-electron chi connectivity index (χ4n) is 2.55. The van der Waals surface area contributed by atoms with Crippen LogP contribution in [0.3, 0.4) is 0 Å². The highest BCUT2D eigenvalue weighted by molar-refractivity contribution is 5.94. The molecule has 0 spiro atoms. The van der Waals surface area contributed by atoms with Gasteiger partial charge < -0.3 is 9.88 Å². The number of carbonyl (C=O) groups excluding carboxylic acids is 1. The number of hydrogen-bond donors (Lipinski definition) is 1. The second-order valence-electron chi connectivity index (χ2n) is 5.82. The smallest absolute Gasteiger partial charge is 0.252 e. The summed E-state index contributed by atoms with van der Waals surface area (Å²) >= 11 is 0. The molecule has 1 aromatic carbocycles. The quantitative estimate of drug-likeness (QED) is 0.942. The van der Waals surface area contributed by atoms with E-state index in [2.05, 4.69) is 5.32 Å². The normalized spacial score (nSPS) is 15.3. The minimum Gasteiger partial charge on any atom is -0.345 e. The molecular formula is C17H16F2N2O2. The van der Waals surface area contributed by atoms with Gasteiger partial charge in [-0.25, -0.2) is 8.78 Å². The monoisotopic (exact) mass is 318 g/mol. The van der Waals surface area contributed by atoms with Gasteiger partial charge >= 0.3 is 0 Å². The first-order valence-corrected chi connectivity index (χ1v) is 7.38. The standard InChI is InChI=1S/C17H16F2N2O2/c1-21-7-6-11(8-15(21)22)17(23)20-16(10-2-3-10)13-9-12(18)4-5-14(13)19/h4-10,16H,2-3H2,1H3,(H,20,23)/t16-/m0/s1. The third kappa shape index (κ3) is 3.31. The second-order valence-corrected chi connectivity index (χ2v) is 5.82. The Hall–Kier alpha value is -2.50. The van der Waals surface area contributed by atoms with Crippen LogP contribution >= 0.6 is 0 Å². The molecule has 120 valence electrons. The van der Waals surface area contributed by atoms with E-state index in [1.54, 1.807) is 7.05 Å². The van der Waals surface area contributed by atoms with E-state index in [1.165, 1.54) is 22.9 Å². The largest absolute Gasteiger partial charge is 0.345 e. The fourth-order valence-corrected chi connectivity index (χ4v) is 2.55. The molecule has 0 unspecified atom stereocenters. The molecule has 1 saturated carbocycles. The number of amides is 1. The van der Waals surface area contributed by atoms with Crippen molar-refractivity contribution in [1.29, 1.82) is 0 Å². The minimum absolute atomic E-state index is 0.0850. The number of rotatable bonds is 4. The van der Waals surface area contributed by atoms with E-state index in [0.29, 0.717) is 0 Å². The van der Waals surface area contributed by atoms with Gasteiger partial charge in [-0.05, 0) is 43.0 Å². The van der Waals surface area contributed by atoms with Crippen molar-refractivity contribution in [2.45, 2.75) is 18.9 Å². The zero-order chi connectivity index (χ0) is 16.6. The Morgan fingerprint density at radius 1 is 1.26 bits per heavy atom. The molecule has 0 saturated heterocycles. The van der Waals surface area contributed by atoms with Crippen molar-refractivity contribution in [3.05, 3.63) is 69.6 Å². The average Bonchev–Trinajstić information content (AvgIpc) is 3.35. The number of nitrogens with zero attached hydrogens (tertiary/aromatic N) is 1. The van der Waals surface area contributed by atoms with Gasteiger partial charge in [-0.3, -0.25) is 9.59 Å². The van der Waals surface area contributed by atoms with Crippen LogP contribution in [0.25, 0.3) is 0 Å². The number of aromatic nitrogens is 1. The molecule has 6 heteroatoms. The molecular weight excluding hydrogens is 302 g/mol. The lowest BCUT2D eigenvalue weighted by molar-refractivity contribution is 0.0930. The lowest BCUT2D eigenvalue weighted by atomic mass is 10.0. The summed E-state index contributed by atoms with van der Waals surface area (Å²) in [5.41, 5.74) is 0.0396. The van der Waals surface area contributed by atoms with Crippen LogP contribution < -0.4 is 10.9 Å². The Kier molecular flexibility index (Phi) is 3.98. The number of hydrogen-bond acceptors (Lipinski definition) is 2. The highest BCUT2D eigenvalue weighted by Gasteiger charge is 2.35. The highest BCUT2D eigenvalue weighted by Crippen LogP contribution is 2.42.